The van der Waals surface area contributed by atoms with E-state index in [0.29, 0.717) is 6.42 Å². The van der Waals surface area contributed by atoms with Crippen molar-refractivity contribution in [3.63, 3.8) is 0 Å². The molecule has 0 heterocycles. The smallest absolute Gasteiger partial charge is 0.294 e. The van der Waals surface area contributed by atoms with Crippen molar-refractivity contribution in [2.45, 2.75) is 45.8 Å². The molecule has 0 saturated heterocycles. The molecule has 0 aromatic rings. The van der Waals surface area contributed by atoms with Crippen LogP contribution in [0.15, 0.2) is 0 Å². The van der Waals surface area contributed by atoms with Gasteiger partial charge in [-0.05, 0) is 27.2 Å². The van der Waals surface area contributed by atoms with Gasteiger partial charge in [0.25, 0.3) is 5.09 Å². The van der Waals surface area contributed by atoms with Crippen molar-refractivity contribution in [2.24, 2.45) is 0 Å². The van der Waals surface area contributed by atoms with E-state index in [0.717, 1.165) is 0 Å². The number of hydrogen-bond donors (Lipinski definition) is 0. The van der Waals surface area contributed by atoms with Gasteiger partial charge in [0.2, 0.25) is 0 Å². The number of hydrogen-bond acceptors (Lipinski definition) is 4. The maximum Gasteiger partial charge on any atom is 0.294 e. The van der Waals surface area contributed by atoms with Crippen molar-refractivity contribution in [2.75, 3.05) is 6.61 Å². The van der Waals surface area contributed by atoms with Crippen molar-refractivity contribution in [3.8, 4) is 0 Å². The zero-order valence-electron chi connectivity index (χ0n) is 8.57. The standard InChI is InChI=1S/C8H17NO4/c1-5-7(6-12-9(10)11)13-8(2,3)4/h7H,5-6H2,1-4H3. The minimum absolute atomic E-state index is 0.000764. The largest absolute Gasteiger partial charge is 0.371 e. The molecule has 0 aliphatic heterocycles. The van der Waals surface area contributed by atoms with Crippen LogP contribution in [-0.4, -0.2) is 23.4 Å². The Morgan fingerprint density at radius 1 is 1.46 bits per heavy atom. The molecule has 5 heteroatoms. The van der Waals surface area contributed by atoms with Crippen LogP contribution in [-0.2, 0) is 9.57 Å². The molecule has 0 aromatic heterocycles. The Kier molecular flexibility index (Phi) is 4.69. The van der Waals surface area contributed by atoms with E-state index in [9.17, 15) is 10.1 Å². The lowest BCUT2D eigenvalue weighted by molar-refractivity contribution is -0.759. The van der Waals surface area contributed by atoms with Crippen molar-refractivity contribution in [1.82, 2.24) is 0 Å². The van der Waals surface area contributed by atoms with E-state index in [-0.39, 0.29) is 18.3 Å². The van der Waals surface area contributed by atoms with Gasteiger partial charge in [-0.1, -0.05) is 6.92 Å². The predicted molar refractivity (Wildman–Crippen MR) is 47.9 cm³/mol. The molecule has 5 nitrogen and oxygen atoms in total. The van der Waals surface area contributed by atoms with Gasteiger partial charge in [0.1, 0.15) is 6.61 Å². The van der Waals surface area contributed by atoms with Gasteiger partial charge in [0, 0.05) is 0 Å². The van der Waals surface area contributed by atoms with E-state index >= 15 is 0 Å². The molecule has 0 N–H and O–H groups in total. The van der Waals surface area contributed by atoms with Crippen LogP contribution in [0.1, 0.15) is 34.1 Å². The van der Waals surface area contributed by atoms with Crippen LogP contribution < -0.4 is 0 Å². The van der Waals surface area contributed by atoms with E-state index in [1.54, 1.807) is 0 Å². The number of rotatable bonds is 5. The molecule has 1 unspecified atom stereocenters. The van der Waals surface area contributed by atoms with E-state index in [2.05, 4.69) is 4.84 Å². The highest BCUT2D eigenvalue weighted by Gasteiger charge is 2.18. The van der Waals surface area contributed by atoms with E-state index in [4.69, 9.17) is 4.74 Å². The third-order valence-electron chi connectivity index (χ3n) is 1.34. The fraction of sp³-hybridized carbons (Fsp3) is 1.00. The molecule has 0 amide bonds. The van der Waals surface area contributed by atoms with Gasteiger partial charge < -0.3 is 9.57 Å². The van der Waals surface area contributed by atoms with Gasteiger partial charge in [-0.15, -0.1) is 10.1 Å². The van der Waals surface area contributed by atoms with Gasteiger partial charge in [0.15, 0.2) is 0 Å². The summed E-state index contributed by atoms with van der Waals surface area (Å²) in [5.41, 5.74) is -0.291. The third kappa shape index (κ3) is 7.52. The first-order valence-electron chi connectivity index (χ1n) is 4.30. The molecular weight excluding hydrogens is 174 g/mol. The van der Waals surface area contributed by atoms with Crippen LogP contribution in [0, 0.1) is 10.1 Å². The van der Waals surface area contributed by atoms with Crippen LogP contribution in [0.5, 0.6) is 0 Å². The van der Waals surface area contributed by atoms with Crippen LogP contribution in [0.2, 0.25) is 0 Å². The first kappa shape index (κ1) is 12.2. The first-order chi connectivity index (χ1) is 5.85. The molecule has 0 radical (unpaired) electrons. The summed E-state index contributed by atoms with van der Waals surface area (Å²) in [6.45, 7) is 7.62. The Labute approximate surface area is 78.1 Å². The molecule has 0 bridgehead atoms. The van der Waals surface area contributed by atoms with E-state index < -0.39 is 5.09 Å². The lowest BCUT2D eigenvalue weighted by Gasteiger charge is -2.26. The van der Waals surface area contributed by atoms with Crippen molar-refractivity contribution >= 4 is 0 Å². The van der Waals surface area contributed by atoms with Gasteiger partial charge >= 0.3 is 0 Å². The van der Waals surface area contributed by atoms with Crippen molar-refractivity contribution in [1.29, 1.82) is 0 Å². The normalized spacial score (nSPS) is 13.8. The van der Waals surface area contributed by atoms with E-state index in [1.165, 1.54) is 0 Å². The maximum absolute atomic E-state index is 9.91. The molecule has 0 saturated carbocycles. The molecule has 13 heavy (non-hydrogen) atoms. The Morgan fingerprint density at radius 2 is 2.00 bits per heavy atom. The molecule has 0 rings (SSSR count). The average Bonchev–Trinajstić information content (AvgIpc) is 1.95. The molecule has 0 aliphatic rings. The monoisotopic (exact) mass is 191 g/mol. The zero-order chi connectivity index (χ0) is 10.5. The molecular formula is C8H17NO4. The summed E-state index contributed by atoms with van der Waals surface area (Å²) in [5.74, 6) is 0. The van der Waals surface area contributed by atoms with Crippen LogP contribution >= 0.6 is 0 Å². The summed E-state index contributed by atoms with van der Waals surface area (Å²) in [7, 11) is 0. The zero-order valence-corrected chi connectivity index (χ0v) is 8.57. The van der Waals surface area contributed by atoms with Crippen LogP contribution in [0.3, 0.4) is 0 Å². The number of ether oxygens (including phenoxy) is 1. The second-order valence-corrected chi connectivity index (χ2v) is 3.78. The second kappa shape index (κ2) is 5.01. The Bertz CT molecular complexity index is 164. The van der Waals surface area contributed by atoms with Gasteiger partial charge in [0.05, 0.1) is 11.7 Å². The van der Waals surface area contributed by atoms with Gasteiger partial charge in [-0.25, -0.2) is 0 Å². The summed E-state index contributed by atoms with van der Waals surface area (Å²) in [5, 5.41) is 9.12. The number of nitrogens with zero attached hydrogens (tertiary/aromatic N) is 1. The lowest BCUT2D eigenvalue weighted by Crippen LogP contribution is -2.30. The van der Waals surface area contributed by atoms with Crippen molar-refractivity contribution < 1.29 is 14.7 Å². The molecule has 78 valence electrons. The summed E-state index contributed by atoms with van der Waals surface area (Å²) < 4.78 is 5.51. The molecule has 0 spiro atoms. The second-order valence-electron chi connectivity index (χ2n) is 3.78. The highest BCUT2D eigenvalue weighted by atomic mass is 17.0. The molecule has 0 aromatic carbocycles. The molecule has 0 aliphatic carbocycles. The average molecular weight is 191 g/mol. The third-order valence-corrected chi connectivity index (χ3v) is 1.34. The van der Waals surface area contributed by atoms with Gasteiger partial charge in [-0.3, -0.25) is 0 Å². The Balaban J connectivity index is 3.83. The quantitative estimate of drug-likeness (QED) is 0.491. The van der Waals surface area contributed by atoms with Crippen LogP contribution in [0.4, 0.5) is 0 Å². The van der Waals surface area contributed by atoms with E-state index in [1.807, 2.05) is 27.7 Å². The maximum atomic E-state index is 9.91. The molecule has 0 fully saturated rings. The summed E-state index contributed by atoms with van der Waals surface area (Å²) in [4.78, 5) is 14.2. The topological polar surface area (TPSA) is 61.6 Å². The lowest BCUT2D eigenvalue weighted by atomic mass is 10.1. The van der Waals surface area contributed by atoms with Gasteiger partial charge in [-0.2, -0.15) is 0 Å². The first-order valence-corrected chi connectivity index (χ1v) is 4.30. The summed E-state index contributed by atoms with van der Waals surface area (Å²) in [6.07, 6.45) is 0.482. The summed E-state index contributed by atoms with van der Waals surface area (Å²) in [6, 6.07) is 0. The summed E-state index contributed by atoms with van der Waals surface area (Å²) >= 11 is 0. The minimum atomic E-state index is -0.797. The van der Waals surface area contributed by atoms with Crippen molar-refractivity contribution in [3.05, 3.63) is 10.1 Å². The molecule has 1 atom stereocenters. The van der Waals surface area contributed by atoms with Crippen LogP contribution in [0.25, 0.3) is 0 Å². The fourth-order valence-corrected chi connectivity index (χ4v) is 0.879. The Morgan fingerprint density at radius 3 is 2.31 bits per heavy atom. The Hall–Kier alpha value is -0.840. The minimum Gasteiger partial charge on any atom is -0.371 e. The predicted octanol–water partition coefficient (Wildman–Crippen LogP) is 1.79. The highest BCUT2D eigenvalue weighted by Crippen LogP contribution is 2.13. The SMILES string of the molecule is CCC(CO[N+](=O)[O-])OC(C)(C)C. The highest BCUT2D eigenvalue weighted by molar-refractivity contribution is 4.64. The fourth-order valence-electron chi connectivity index (χ4n) is 0.879.